The zero-order valence-electron chi connectivity index (χ0n) is 17.4. The number of urea groups is 1. The molecule has 0 bridgehead atoms. The van der Waals surface area contributed by atoms with Gasteiger partial charge >= 0.3 is 6.03 Å². The minimum Gasteiger partial charge on any atom is -0.493 e. The molecule has 2 N–H and O–H groups in total. The van der Waals surface area contributed by atoms with E-state index in [9.17, 15) is 14.4 Å². The molecular formula is C21H22BrN3O6. The number of nitrogens with one attached hydrogen (secondary N) is 2. The van der Waals surface area contributed by atoms with Crippen LogP contribution in [0, 0.1) is 0 Å². The van der Waals surface area contributed by atoms with Gasteiger partial charge in [0.05, 0.1) is 21.3 Å². The van der Waals surface area contributed by atoms with Gasteiger partial charge in [-0.2, -0.15) is 0 Å². The molecule has 0 unspecified atom stereocenters. The molecular weight excluding hydrogens is 470 g/mol. The van der Waals surface area contributed by atoms with E-state index in [-0.39, 0.29) is 0 Å². The van der Waals surface area contributed by atoms with Crippen LogP contribution in [0.2, 0.25) is 0 Å². The van der Waals surface area contributed by atoms with Crippen molar-refractivity contribution in [2.75, 3.05) is 33.2 Å². The van der Waals surface area contributed by atoms with Crippen LogP contribution in [0.15, 0.2) is 40.9 Å². The second-order valence-electron chi connectivity index (χ2n) is 6.89. The highest BCUT2D eigenvalue weighted by Gasteiger charge is 2.50. The largest absolute Gasteiger partial charge is 0.493 e. The van der Waals surface area contributed by atoms with Crippen LogP contribution in [0.3, 0.4) is 0 Å². The van der Waals surface area contributed by atoms with Crippen LogP contribution >= 0.6 is 15.9 Å². The highest BCUT2D eigenvalue weighted by atomic mass is 79.9. The molecule has 0 radical (unpaired) electrons. The first kappa shape index (κ1) is 22.4. The van der Waals surface area contributed by atoms with Gasteiger partial charge in [0.25, 0.3) is 5.91 Å². The van der Waals surface area contributed by atoms with Gasteiger partial charge in [-0.15, -0.1) is 0 Å². The van der Waals surface area contributed by atoms with E-state index in [4.69, 9.17) is 14.2 Å². The Morgan fingerprint density at radius 3 is 2.26 bits per heavy atom. The number of rotatable bonds is 7. The quantitative estimate of drug-likeness (QED) is 0.576. The number of methoxy groups -OCH3 is 3. The number of benzene rings is 2. The molecule has 0 aromatic heterocycles. The topological polar surface area (TPSA) is 106 Å². The molecule has 1 heterocycles. The molecule has 0 saturated carbocycles. The van der Waals surface area contributed by atoms with Crippen LogP contribution in [0.4, 0.5) is 10.5 Å². The maximum absolute atomic E-state index is 13.0. The number of hydrogen-bond donors (Lipinski definition) is 2. The maximum Gasteiger partial charge on any atom is 0.325 e. The molecule has 1 aliphatic rings. The van der Waals surface area contributed by atoms with Crippen molar-refractivity contribution in [1.82, 2.24) is 10.2 Å². The number of ether oxygens (including phenoxy) is 3. The highest BCUT2D eigenvalue weighted by molar-refractivity contribution is 9.10. The van der Waals surface area contributed by atoms with E-state index in [0.29, 0.717) is 33.0 Å². The van der Waals surface area contributed by atoms with Gasteiger partial charge in [-0.25, -0.2) is 4.79 Å². The fourth-order valence-corrected chi connectivity index (χ4v) is 4.07. The summed E-state index contributed by atoms with van der Waals surface area (Å²) in [6.45, 7) is 1.14. The van der Waals surface area contributed by atoms with Gasteiger partial charge in [0.15, 0.2) is 11.5 Å². The zero-order chi connectivity index (χ0) is 22.8. The monoisotopic (exact) mass is 491 g/mol. The number of carbonyl (C=O) groups excluding carboxylic acids is 3. The summed E-state index contributed by atoms with van der Waals surface area (Å²) in [5.41, 5.74) is -0.328. The Morgan fingerprint density at radius 2 is 1.71 bits per heavy atom. The fraction of sp³-hybridized carbons (Fsp3) is 0.286. The van der Waals surface area contributed by atoms with Crippen molar-refractivity contribution in [2.45, 2.75) is 12.5 Å². The van der Waals surface area contributed by atoms with E-state index in [0.717, 1.165) is 4.90 Å². The van der Waals surface area contributed by atoms with Gasteiger partial charge in [-0.1, -0.05) is 34.1 Å². The summed E-state index contributed by atoms with van der Waals surface area (Å²) in [6.07, 6.45) is 0. The molecule has 1 aliphatic heterocycles. The molecule has 2 aromatic carbocycles. The van der Waals surface area contributed by atoms with Gasteiger partial charge in [-0.3, -0.25) is 14.5 Å². The van der Waals surface area contributed by atoms with Crippen LogP contribution < -0.4 is 24.8 Å². The third-order valence-electron chi connectivity index (χ3n) is 4.94. The predicted octanol–water partition coefficient (Wildman–Crippen LogP) is 2.88. The fourth-order valence-electron chi connectivity index (χ4n) is 3.39. The Bertz CT molecular complexity index is 1020. The zero-order valence-corrected chi connectivity index (χ0v) is 19.0. The number of carbonyl (C=O) groups is 3. The molecule has 4 amide bonds. The molecule has 1 saturated heterocycles. The van der Waals surface area contributed by atoms with Crippen molar-refractivity contribution in [2.24, 2.45) is 0 Å². The maximum atomic E-state index is 13.0. The van der Waals surface area contributed by atoms with E-state index in [1.807, 2.05) is 0 Å². The van der Waals surface area contributed by atoms with E-state index in [1.165, 1.54) is 21.3 Å². The number of imide groups is 1. The van der Waals surface area contributed by atoms with Gasteiger partial charge < -0.3 is 24.8 Å². The summed E-state index contributed by atoms with van der Waals surface area (Å²) in [4.78, 5) is 39.0. The molecule has 2 aromatic rings. The average Bonchev–Trinajstić information content (AvgIpc) is 2.96. The van der Waals surface area contributed by atoms with Crippen LogP contribution in [0.5, 0.6) is 17.2 Å². The Hall–Kier alpha value is -3.27. The second-order valence-corrected chi connectivity index (χ2v) is 7.74. The minimum absolute atomic E-state index is 0.355. The Balaban J connectivity index is 1.79. The first-order valence-corrected chi connectivity index (χ1v) is 10.0. The number of amides is 4. The summed E-state index contributed by atoms with van der Waals surface area (Å²) < 4.78 is 16.5. The van der Waals surface area contributed by atoms with Crippen LogP contribution in [0.25, 0.3) is 0 Å². The Kier molecular flexibility index (Phi) is 6.40. The summed E-state index contributed by atoms with van der Waals surface area (Å²) in [6, 6.07) is 9.54. The van der Waals surface area contributed by atoms with Crippen molar-refractivity contribution in [3.8, 4) is 17.2 Å². The van der Waals surface area contributed by atoms with E-state index >= 15 is 0 Å². The van der Waals surface area contributed by atoms with E-state index in [2.05, 4.69) is 26.6 Å². The first-order valence-electron chi connectivity index (χ1n) is 9.24. The van der Waals surface area contributed by atoms with Gasteiger partial charge in [0.2, 0.25) is 11.7 Å². The Labute approximate surface area is 187 Å². The normalized spacial score (nSPS) is 17.9. The third-order valence-corrected chi connectivity index (χ3v) is 5.63. The molecule has 0 spiro atoms. The molecule has 10 heteroatoms. The molecule has 9 nitrogen and oxygen atoms in total. The molecule has 1 fully saturated rings. The standard InChI is InChI=1S/C21H22BrN3O6/c1-21(13-7-5-6-8-14(13)22)19(27)25(20(28)24-21)11-17(26)23-12-9-15(29-2)18(31-4)16(10-12)30-3/h5-10H,11H2,1-4H3,(H,23,26)(H,24,28)/t21-/m1/s1. The molecule has 164 valence electrons. The van der Waals surface area contributed by atoms with Gasteiger partial charge in [0.1, 0.15) is 12.1 Å². The number of anilines is 1. The van der Waals surface area contributed by atoms with Crippen molar-refractivity contribution < 1.29 is 28.6 Å². The molecule has 1 atom stereocenters. The second kappa shape index (κ2) is 8.84. The van der Waals surface area contributed by atoms with Crippen LogP contribution in [-0.2, 0) is 15.1 Å². The van der Waals surface area contributed by atoms with Crippen molar-refractivity contribution in [1.29, 1.82) is 0 Å². The number of nitrogens with zero attached hydrogens (tertiary/aromatic N) is 1. The lowest BCUT2D eigenvalue weighted by Crippen LogP contribution is -2.42. The van der Waals surface area contributed by atoms with Crippen molar-refractivity contribution in [3.63, 3.8) is 0 Å². The van der Waals surface area contributed by atoms with Crippen molar-refractivity contribution >= 4 is 39.5 Å². The lowest BCUT2D eigenvalue weighted by molar-refractivity contribution is -0.133. The average molecular weight is 492 g/mol. The summed E-state index contributed by atoms with van der Waals surface area (Å²) in [5.74, 6) is 0.00202. The van der Waals surface area contributed by atoms with E-state index < -0.39 is 29.9 Å². The lowest BCUT2D eigenvalue weighted by Gasteiger charge is -2.23. The van der Waals surface area contributed by atoms with Crippen LogP contribution in [-0.4, -0.2) is 50.6 Å². The minimum atomic E-state index is -1.29. The summed E-state index contributed by atoms with van der Waals surface area (Å²) in [5, 5.41) is 5.33. The predicted molar refractivity (Wildman–Crippen MR) is 116 cm³/mol. The highest BCUT2D eigenvalue weighted by Crippen LogP contribution is 2.40. The molecule has 3 rings (SSSR count). The number of halogens is 1. The van der Waals surface area contributed by atoms with Gasteiger partial charge in [-0.05, 0) is 13.0 Å². The first-order chi connectivity index (χ1) is 14.7. The third kappa shape index (κ3) is 4.15. The summed E-state index contributed by atoms with van der Waals surface area (Å²) >= 11 is 3.41. The smallest absolute Gasteiger partial charge is 0.325 e. The lowest BCUT2D eigenvalue weighted by atomic mass is 9.92. The number of hydrogen-bond acceptors (Lipinski definition) is 6. The van der Waals surface area contributed by atoms with E-state index in [1.54, 1.807) is 43.3 Å². The summed E-state index contributed by atoms with van der Waals surface area (Å²) in [7, 11) is 4.38. The SMILES string of the molecule is COc1cc(NC(=O)CN2C(=O)N[C@](C)(c3ccccc3Br)C2=O)cc(OC)c1OC. The van der Waals surface area contributed by atoms with Crippen molar-refractivity contribution in [3.05, 3.63) is 46.4 Å². The molecule has 0 aliphatic carbocycles. The van der Waals surface area contributed by atoms with Gasteiger partial charge in [0, 0.05) is 27.9 Å². The molecule has 31 heavy (non-hydrogen) atoms. The Morgan fingerprint density at radius 1 is 1.10 bits per heavy atom. The van der Waals surface area contributed by atoms with Crippen LogP contribution in [0.1, 0.15) is 12.5 Å².